The number of aliphatic hydroxyl groups is 1. The Hall–Kier alpha value is -2.44. The summed E-state index contributed by atoms with van der Waals surface area (Å²) in [6, 6.07) is 16.4. The molecule has 2 aromatic carbocycles. The molecule has 0 radical (unpaired) electrons. The molecule has 6 nitrogen and oxygen atoms in total. The first-order valence-corrected chi connectivity index (χ1v) is 9.79. The smallest absolute Gasteiger partial charge is 0.113 e. The zero-order chi connectivity index (χ0) is 18.5. The van der Waals surface area contributed by atoms with Crippen LogP contribution in [0.1, 0.15) is 18.4 Å². The number of piperazine rings is 1. The van der Waals surface area contributed by atoms with Crippen molar-refractivity contribution < 1.29 is 5.11 Å². The van der Waals surface area contributed by atoms with E-state index in [1.807, 2.05) is 35.0 Å². The number of benzene rings is 2. The van der Waals surface area contributed by atoms with Crippen molar-refractivity contribution >= 4 is 16.7 Å². The Morgan fingerprint density at radius 2 is 1.70 bits per heavy atom. The summed E-state index contributed by atoms with van der Waals surface area (Å²) in [5, 5.41) is 17.8. The second kappa shape index (κ2) is 8.50. The summed E-state index contributed by atoms with van der Waals surface area (Å²) in [7, 11) is 0. The largest absolute Gasteiger partial charge is 0.392 e. The van der Waals surface area contributed by atoms with Crippen molar-refractivity contribution in [2.75, 3.05) is 37.6 Å². The highest BCUT2D eigenvalue weighted by Crippen LogP contribution is 2.18. The van der Waals surface area contributed by atoms with E-state index in [9.17, 15) is 5.11 Å². The fraction of sp³-hybridized carbons (Fsp3) is 0.429. The second-order valence-electron chi connectivity index (χ2n) is 7.17. The van der Waals surface area contributed by atoms with Crippen molar-refractivity contribution in [1.29, 1.82) is 0 Å². The molecular weight excluding hydrogens is 338 g/mol. The van der Waals surface area contributed by atoms with E-state index in [-0.39, 0.29) is 6.61 Å². The minimum atomic E-state index is 0.106. The zero-order valence-electron chi connectivity index (χ0n) is 15.7. The number of rotatable bonds is 7. The number of fused-ring (bicyclic) bond motifs is 1. The number of anilines is 1. The van der Waals surface area contributed by atoms with E-state index in [2.05, 4.69) is 38.3 Å². The molecule has 0 spiro atoms. The Kier molecular flexibility index (Phi) is 5.65. The summed E-state index contributed by atoms with van der Waals surface area (Å²) in [5.74, 6) is 0. The molecule has 1 saturated heterocycles. The van der Waals surface area contributed by atoms with E-state index in [0.717, 1.165) is 62.3 Å². The van der Waals surface area contributed by atoms with Crippen LogP contribution in [0.3, 0.4) is 0 Å². The van der Waals surface area contributed by atoms with Crippen LogP contribution in [0.25, 0.3) is 11.0 Å². The van der Waals surface area contributed by atoms with Gasteiger partial charge in [0.1, 0.15) is 5.52 Å². The average Bonchev–Trinajstić information content (AvgIpc) is 3.15. The van der Waals surface area contributed by atoms with E-state index >= 15 is 0 Å². The molecule has 1 fully saturated rings. The molecule has 0 atom stereocenters. The van der Waals surface area contributed by atoms with Crippen molar-refractivity contribution in [3.8, 4) is 0 Å². The van der Waals surface area contributed by atoms with Crippen LogP contribution < -0.4 is 4.90 Å². The maximum absolute atomic E-state index is 9.31. The van der Waals surface area contributed by atoms with Crippen LogP contribution in [0.2, 0.25) is 0 Å². The van der Waals surface area contributed by atoms with Crippen molar-refractivity contribution in [3.63, 3.8) is 0 Å². The van der Waals surface area contributed by atoms with Gasteiger partial charge in [0, 0.05) is 38.4 Å². The van der Waals surface area contributed by atoms with E-state index < -0.39 is 0 Å². The Bertz CT molecular complexity index is 870. The molecule has 0 saturated carbocycles. The summed E-state index contributed by atoms with van der Waals surface area (Å²) in [6.07, 6.45) is 2.29. The molecule has 1 aliphatic heterocycles. The molecular formula is C21H27N5O. The van der Waals surface area contributed by atoms with Crippen LogP contribution in [-0.2, 0) is 13.2 Å². The van der Waals surface area contributed by atoms with Gasteiger partial charge in [-0.2, -0.15) is 0 Å². The topological polar surface area (TPSA) is 57.4 Å². The lowest BCUT2D eigenvalue weighted by Crippen LogP contribution is -2.46. The normalized spacial score (nSPS) is 15.5. The zero-order valence-corrected chi connectivity index (χ0v) is 15.7. The summed E-state index contributed by atoms with van der Waals surface area (Å²) in [4.78, 5) is 4.96. The molecule has 0 bridgehead atoms. The molecule has 4 rings (SSSR count). The maximum atomic E-state index is 9.31. The van der Waals surface area contributed by atoms with Gasteiger partial charge >= 0.3 is 0 Å². The number of aromatic nitrogens is 3. The summed E-state index contributed by atoms with van der Waals surface area (Å²) < 4.78 is 2.02. The van der Waals surface area contributed by atoms with E-state index in [0.29, 0.717) is 0 Å². The Labute approximate surface area is 160 Å². The van der Waals surface area contributed by atoms with Crippen molar-refractivity contribution in [2.24, 2.45) is 0 Å². The van der Waals surface area contributed by atoms with Gasteiger partial charge in [0.2, 0.25) is 0 Å². The van der Waals surface area contributed by atoms with Crippen molar-refractivity contribution in [2.45, 2.75) is 26.0 Å². The summed E-state index contributed by atoms with van der Waals surface area (Å²) in [5.41, 5.74) is 4.30. The molecule has 1 aromatic heterocycles. The van der Waals surface area contributed by atoms with Gasteiger partial charge in [-0.25, -0.2) is 4.68 Å². The lowest BCUT2D eigenvalue weighted by atomic mass is 10.1. The molecule has 0 aliphatic carbocycles. The highest BCUT2D eigenvalue weighted by Gasteiger charge is 2.17. The highest BCUT2D eigenvalue weighted by atomic mass is 16.3. The molecule has 2 heterocycles. The van der Waals surface area contributed by atoms with Gasteiger partial charge in [-0.15, -0.1) is 5.10 Å². The van der Waals surface area contributed by atoms with Gasteiger partial charge in [0.15, 0.2) is 0 Å². The number of hydrogen-bond acceptors (Lipinski definition) is 5. The van der Waals surface area contributed by atoms with Gasteiger partial charge in [0.05, 0.1) is 12.1 Å². The average molecular weight is 365 g/mol. The van der Waals surface area contributed by atoms with E-state index in [1.54, 1.807) is 0 Å². The van der Waals surface area contributed by atoms with Crippen molar-refractivity contribution in [1.82, 2.24) is 19.9 Å². The monoisotopic (exact) mass is 365 g/mol. The molecule has 3 aromatic rings. The number of nitrogens with zero attached hydrogens (tertiary/aromatic N) is 5. The molecule has 6 heteroatoms. The summed E-state index contributed by atoms with van der Waals surface area (Å²) in [6.45, 7) is 6.44. The first-order valence-electron chi connectivity index (χ1n) is 9.79. The molecule has 1 aliphatic rings. The number of aryl methyl sites for hydroxylation is 1. The fourth-order valence-electron chi connectivity index (χ4n) is 3.76. The molecule has 0 unspecified atom stereocenters. The highest BCUT2D eigenvalue weighted by molar-refractivity contribution is 5.73. The predicted octanol–water partition coefficient (Wildman–Crippen LogP) is 2.53. The quantitative estimate of drug-likeness (QED) is 0.652. The SMILES string of the molecule is OCc1cccc(N2CCN(CCCCn3nnc4ccccc43)CC2)c1. The van der Waals surface area contributed by atoms with Gasteiger partial charge in [-0.1, -0.05) is 29.5 Å². The van der Waals surface area contributed by atoms with Crippen LogP contribution in [0.5, 0.6) is 0 Å². The first kappa shape index (κ1) is 17.9. The number of unbranched alkanes of at least 4 members (excludes halogenated alkanes) is 1. The van der Waals surface area contributed by atoms with Crippen LogP contribution in [0.4, 0.5) is 5.69 Å². The maximum Gasteiger partial charge on any atom is 0.113 e. The number of aliphatic hydroxyl groups excluding tert-OH is 1. The van der Waals surface area contributed by atoms with E-state index in [4.69, 9.17) is 0 Å². The van der Waals surface area contributed by atoms with Gasteiger partial charge in [-0.3, -0.25) is 4.90 Å². The molecule has 1 N–H and O–H groups in total. The van der Waals surface area contributed by atoms with Crippen LogP contribution >= 0.6 is 0 Å². The number of para-hydroxylation sites is 1. The van der Waals surface area contributed by atoms with Crippen LogP contribution in [0.15, 0.2) is 48.5 Å². The third kappa shape index (κ3) is 4.28. The van der Waals surface area contributed by atoms with Gasteiger partial charge in [0.25, 0.3) is 0 Å². The lowest BCUT2D eigenvalue weighted by molar-refractivity contribution is 0.250. The van der Waals surface area contributed by atoms with E-state index in [1.165, 1.54) is 12.1 Å². The standard InChI is InChI=1S/C21H27N5O/c27-17-18-6-5-7-19(16-18)25-14-12-24(13-15-25)10-3-4-11-26-21-9-2-1-8-20(21)22-23-26/h1-2,5-9,16,27H,3-4,10-15,17H2. The van der Waals surface area contributed by atoms with Gasteiger partial charge in [-0.05, 0) is 49.2 Å². The van der Waals surface area contributed by atoms with Crippen LogP contribution in [-0.4, -0.2) is 57.7 Å². The molecule has 142 valence electrons. The second-order valence-corrected chi connectivity index (χ2v) is 7.17. The Balaban J connectivity index is 1.20. The van der Waals surface area contributed by atoms with Crippen LogP contribution in [0, 0.1) is 0 Å². The minimum absolute atomic E-state index is 0.106. The first-order chi connectivity index (χ1) is 13.3. The molecule has 27 heavy (non-hydrogen) atoms. The molecule has 0 amide bonds. The Morgan fingerprint density at radius 3 is 2.56 bits per heavy atom. The predicted molar refractivity (Wildman–Crippen MR) is 108 cm³/mol. The van der Waals surface area contributed by atoms with Gasteiger partial charge < -0.3 is 10.0 Å². The Morgan fingerprint density at radius 1 is 0.889 bits per heavy atom. The number of hydrogen-bond donors (Lipinski definition) is 1. The summed E-state index contributed by atoms with van der Waals surface area (Å²) >= 11 is 0. The third-order valence-electron chi connectivity index (χ3n) is 5.35. The van der Waals surface area contributed by atoms with Crippen molar-refractivity contribution in [3.05, 3.63) is 54.1 Å². The fourth-order valence-corrected chi connectivity index (χ4v) is 3.76. The third-order valence-corrected chi connectivity index (χ3v) is 5.35. The lowest BCUT2D eigenvalue weighted by Gasteiger charge is -2.36. The minimum Gasteiger partial charge on any atom is -0.392 e.